The van der Waals surface area contributed by atoms with E-state index in [-0.39, 0.29) is 17.6 Å². The predicted molar refractivity (Wildman–Crippen MR) is 120 cm³/mol. The molecule has 4 aliphatic carbocycles. The van der Waals surface area contributed by atoms with Crippen LogP contribution >= 0.6 is 0 Å². The average molecular weight is 405 g/mol. The van der Waals surface area contributed by atoms with Crippen molar-refractivity contribution in [3.8, 4) is 0 Å². The second-order valence-electron chi connectivity index (χ2n) is 12.6. The summed E-state index contributed by atoms with van der Waals surface area (Å²) in [6.07, 6.45) is 13.3. The molecular formula is C27H48O2. The first kappa shape index (κ1) is 22.1. The molecule has 29 heavy (non-hydrogen) atoms. The van der Waals surface area contributed by atoms with Crippen LogP contribution in [0.15, 0.2) is 0 Å². The van der Waals surface area contributed by atoms with Crippen LogP contribution in [0.4, 0.5) is 0 Å². The third kappa shape index (κ3) is 3.53. The van der Waals surface area contributed by atoms with E-state index in [0.717, 1.165) is 49.4 Å². The molecule has 0 aromatic carbocycles. The van der Waals surface area contributed by atoms with E-state index in [2.05, 4.69) is 34.6 Å². The first-order chi connectivity index (χ1) is 13.7. The highest BCUT2D eigenvalue weighted by Crippen LogP contribution is 2.68. The zero-order valence-corrected chi connectivity index (χ0v) is 19.9. The molecule has 4 saturated carbocycles. The molecule has 168 valence electrons. The van der Waals surface area contributed by atoms with Gasteiger partial charge in [0.15, 0.2) is 0 Å². The topological polar surface area (TPSA) is 40.5 Å². The van der Waals surface area contributed by atoms with Gasteiger partial charge in [0.05, 0.1) is 12.2 Å². The Hall–Kier alpha value is -0.0800. The molecule has 0 radical (unpaired) electrons. The van der Waals surface area contributed by atoms with Gasteiger partial charge in [-0.2, -0.15) is 0 Å². The molecule has 0 heterocycles. The zero-order chi connectivity index (χ0) is 21.0. The van der Waals surface area contributed by atoms with Crippen molar-refractivity contribution in [2.24, 2.45) is 52.3 Å². The van der Waals surface area contributed by atoms with Crippen LogP contribution in [0.2, 0.25) is 0 Å². The molecule has 2 heteroatoms. The molecule has 0 saturated heterocycles. The predicted octanol–water partition coefficient (Wildman–Crippen LogP) is 6.44. The maximum Gasteiger partial charge on any atom is 0.0600 e. The molecule has 4 rings (SSSR count). The van der Waals surface area contributed by atoms with Crippen molar-refractivity contribution in [1.82, 2.24) is 0 Å². The Morgan fingerprint density at radius 2 is 1.62 bits per heavy atom. The number of fused-ring (bicyclic) bond motifs is 5. The van der Waals surface area contributed by atoms with Crippen molar-refractivity contribution in [2.45, 2.75) is 117 Å². The van der Waals surface area contributed by atoms with Gasteiger partial charge in [-0.3, -0.25) is 0 Å². The fourth-order valence-electron chi connectivity index (χ4n) is 9.39. The molecule has 0 spiro atoms. The van der Waals surface area contributed by atoms with Gasteiger partial charge in [0.25, 0.3) is 0 Å². The molecule has 4 fully saturated rings. The van der Waals surface area contributed by atoms with E-state index < -0.39 is 0 Å². The Morgan fingerprint density at radius 3 is 2.34 bits per heavy atom. The van der Waals surface area contributed by atoms with E-state index in [9.17, 15) is 10.2 Å². The Morgan fingerprint density at radius 1 is 0.862 bits per heavy atom. The average Bonchev–Trinajstić information content (AvgIpc) is 3.00. The lowest BCUT2D eigenvalue weighted by atomic mass is 9.43. The van der Waals surface area contributed by atoms with Gasteiger partial charge in [0.2, 0.25) is 0 Å². The third-order valence-corrected chi connectivity index (χ3v) is 10.9. The van der Waals surface area contributed by atoms with Crippen molar-refractivity contribution in [3.63, 3.8) is 0 Å². The minimum absolute atomic E-state index is 0.0527. The van der Waals surface area contributed by atoms with Gasteiger partial charge >= 0.3 is 0 Å². The van der Waals surface area contributed by atoms with Gasteiger partial charge in [-0.25, -0.2) is 0 Å². The summed E-state index contributed by atoms with van der Waals surface area (Å²) in [7, 11) is 0. The van der Waals surface area contributed by atoms with Crippen molar-refractivity contribution in [2.75, 3.05) is 0 Å². The maximum atomic E-state index is 11.2. The summed E-state index contributed by atoms with van der Waals surface area (Å²) in [5, 5.41) is 22.3. The summed E-state index contributed by atoms with van der Waals surface area (Å²) < 4.78 is 0. The summed E-state index contributed by atoms with van der Waals surface area (Å²) in [6.45, 7) is 12.2. The van der Waals surface area contributed by atoms with E-state index in [0.29, 0.717) is 23.2 Å². The normalized spacial score (nSPS) is 50.7. The smallest absolute Gasteiger partial charge is 0.0600 e. The molecule has 10 atom stereocenters. The van der Waals surface area contributed by atoms with E-state index in [1.54, 1.807) is 0 Å². The molecule has 2 N–H and O–H groups in total. The molecule has 1 unspecified atom stereocenters. The van der Waals surface area contributed by atoms with Crippen LogP contribution in [0.3, 0.4) is 0 Å². The van der Waals surface area contributed by atoms with Crippen molar-refractivity contribution in [1.29, 1.82) is 0 Å². The standard InChI is InChI=1S/C27H48O2/c1-17(2)8-6-9-18(3)20-12-13-21-19-16-24(28)23-10-7-11-25(29)27(23,5)22(19)14-15-26(20,21)4/h17-25,28-29H,6-16H2,1-5H3/t18-,19+,20-,21+,22+,23-,24+,25?,26-,27-/m1/s1. The van der Waals surface area contributed by atoms with Gasteiger partial charge in [-0.05, 0) is 91.8 Å². The zero-order valence-electron chi connectivity index (χ0n) is 19.9. The summed E-state index contributed by atoms with van der Waals surface area (Å²) >= 11 is 0. The number of aliphatic hydroxyl groups excluding tert-OH is 2. The molecule has 4 aliphatic rings. The summed E-state index contributed by atoms with van der Waals surface area (Å²) in [5.74, 6) is 4.86. The van der Waals surface area contributed by atoms with Crippen molar-refractivity contribution in [3.05, 3.63) is 0 Å². The van der Waals surface area contributed by atoms with Crippen LogP contribution in [0.1, 0.15) is 105 Å². The van der Waals surface area contributed by atoms with Crippen LogP contribution in [-0.4, -0.2) is 22.4 Å². The highest BCUT2D eigenvalue weighted by atomic mass is 16.3. The second-order valence-corrected chi connectivity index (χ2v) is 12.6. The quantitative estimate of drug-likeness (QED) is 0.553. The summed E-state index contributed by atoms with van der Waals surface area (Å²) in [4.78, 5) is 0. The van der Waals surface area contributed by atoms with Crippen molar-refractivity contribution >= 4 is 0 Å². The van der Waals surface area contributed by atoms with Crippen LogP contribution < -0.4 is 0 Å². The van der Waals surface area contributed by atoms with Gasteiger partial charge < -0.3 is 10.2 Å². The minimum Gasteiger partial charge on any atom is -0.393 e. The second kappa shape index (κ2) is 8.12. The Kier molecular flexibility index (Phi) is 6.19. The lowest BCUT2D eigenvalue weighted by Gasteiger charge is -2.63. The molecular weight excluding hydrogens is 356 g/mol. The molecule has 0 amide bonds. The van der Waals surface area contributed by atoms with Crippen molar-refractivity contribution < 1.29 is 10.2 Å². The highest BCUT2D eigenvalue weighted by Gasteiger charge is 2.63. The van der Waals surface area contributed by atoms with E-state index in [4.69, 9.17) is 0 Å². The maximum absolute atomic E-state index is 11.2. The van der Waals surface area contributed by atoms with E-state index >= 15 is 0 Å². The SMILES string of the molecule is CC(C)CCC[C@@H](C)[C@H]1CC[C@H]2[C@@H]3C[C@H](O)[C@H]4CCCC(O)[C@]4(C)[C@H]3CC[C@]12C. The monoisotopic (exact) mass is 404 g/mol. The number of rotatable bonds is 5. The fourth-order valence-corrected chi connectivity index (χ4v) is 9.39. The Bertz CT molecular complexity index is 573. The molecule has 0 aromatic rings. The lowest BCUT2D eigenvalue weighted by Crippen LogP contribution is -2.61. The number of aliphatic hydroxyl groups is 2. The molecule has 0 aromatic heterocycles. The Balaban J connectivity index is 1.52. The van der Waals surface area contributed by atoms with Gasteiger partial charge in [0, 0.05) is 5.41 Å². The lowest BCUT2D eigenvalue weighted by molar-refractivity contribution is -0.199. The first-order valence-corrected chi connectivity index (χ1v) is 13.1. The summed E-state index contributed by atoms with van der Waals surface area (Å²) in [5.41, 5.74) is 0.407. The van der Waals surface area contributed by atoms with Gasteiger partial charge in [0.1, 0.15) is 0 Å². The molecule has 0 aliphatic heterocycles. The van der Waals surface area contributed by atoms with E-state index in [1.165, 1.54) is 44.9 Å². The van der Waals surface area contributed by atoms with Gasteiger partial charge in [-0.1, -0.05) is 60.3 Å². The summed E-state index contributed by atoms with van der Waals surface area (Å²) in [6, 6.07) is 0. The van der Waals surface area contributed by atoms with E-state index in [1.807, 2.05) is 0 Å². The number of hydrogen-bond donors (Lipinski definition) is 2. The minimum atomic E-state index is -0.208. The fraction of sp³-hybridized carbons (Fsp3) is 1.00. The molecule has 2 nitrogen and oxygen atoms in total. The van der Waals surface area contributed by atoms with Crippen LogP contribution in [0.5, 0.6) is 0 Å². The largest absolute Gasteiger partial charge is 0.393 e. The first-order valence-electron chi connectivity index (χ1n) is 13.1. The highest BCUT2D eigenvalue weighted by molar-refractivity contribution is 5.12. The third-order valence-electron chi connectivity index (χ3n) is 10.9. The van der Waals surface area contributed by atoms with Crippen LogP contribution in [0.25, 0.3) is 0 Å². The van der Waals surface area contributed by atoms with Crippen LogP contribution in [0, 0.1) is 52.3 Å². The van der Waals surface area contributed by atoms with Crippen LogP contribution in [-0.2, 0) is 0 Å². The Labute approximate surface area is 180 Å². The number of hydrogen-bond acceptors (Lipinski definition) is 2. The molecule has 0 bridgehead atoms. The van der Waals surface area contributed by atoms with Gasteiger partial charge in [-0.15, -0.1) is 0 Å².